The maximum Gasteiger partial charge on any atom is 0.282 e. The standard InChI is InChI=1S/C10H19ClN2O3S/c11-9-10-3-1-2-4-13(10)17(14,15)12-5-7-16-8-6-12/h10H,1-9H2. The van der Waals surface area contributed by atoms with Gasteiger partial charge in [0.2, 0.25) is 0 Å². The van der Waals surface area contributed by atoms with Crippen LogP contribution in [0.4, 0.5) is 0 Å². The van der Waals surface area contributed by atoms with E-state index in [1.54, 1.807) is 4.31 Å². The van der Waals surface area contributed by atoms with Crippen LogP contribution in [0, 0.1) is 0 Å². The van der Waals surface area contributed by atoms with Gasteiger partial charge in [0.25, 0.3) is 10.2 Å². The van der Waals surface area contributed by atoms with E-state index < -0.39 is 10.2 Å². The zero-order valence-corrected chi connectivity index (χ0v) is 11.4. The maximum absolute atomic E-state index is 12.4. The summed E-state index contributed by atoms with van der Waals surface area (Å²) >= 11 is 5.87. The first-order valence-electron chi connectivity index (χ1n) is 6.07. The zero-order chi connectivity index (χ0) is 12.3. The number of alkyl halides is 1. The van der Waals surface area contributed by atoms with Gasteiger partial charge in [-0.2, -0.15) is 17.0 Å². The van der Waals surface area contributed by atoms with Crippen LogP contribution in [-0.2, 0) is 14.9 Å². The number of hydrogen-bond acceptors (Lipinski definition) is 3. The molecule has 2 saturated heterocycles. The second-order valence-corrected chi connectivity index (χ2v) is 6.62. The van der Waals surface area contributed by atoms with Crippen molar-refractivity contribution in [1.82, 2.24) is 8.61 Å². The lowest BCUT2D eigenvalue weighted by atomic mass is 10.1. The monoisotopic (exact) mass is 282 g/mol. The molecule has 1 atom stereocenters. The minimum absolute atomic E-state index is 0.0433. The number of halogens is 1. The van der Waals surface area contributed by atoms with Crippen molar-refractivity contribution in [2.45, 2.75) is 25.3 Å². The van der Waals surface area contributed by atoms with E-state index in [-0.39, 0.29) is 6.04 Å². The van der Waals surface area contributed by atoms with Crippen LogP contribution in [0.25, 0.3) is 0 Å². The minimum atomic E-state index is -3.34. The molecule has 2 fully saturated rings. The summed E-state index contributed by atoms with van der Waals surface area (Å²) in [5, 5.41) is 0. The molecular formula is C10H19ClN2O3S. The van der Waals surface area contributed by atoms with E-state index in [2.05, 4.69) is 0 Å². The molecule has 2 aliphatic heterocycles. The molecule has 0 spiro atoms. The lowest BCUT2D eigenvalue weighted by molar-refractivity contribution is 0.0686. The topological polar surface area (TPSA) is 49.9 Å². The third-order valence-corrected chi connectivity index (χ3v) is 5.79. The van der Waals surface area contributed by atoms with Crippen LogP contribution < -0.4 is 0 Å². The Morgan fingerprint density at radius 3 is 2.53 bits per heavy atom. The van der Waals surface area contributed by atoms with E-state index in [0.717, 1.165) is 19.3 Å². The molecule has 1 unspecified atom stereocenters. The van der Waals surface area contributed by atoms with Gasteiger partial charge in [0.15, 0.2) is 0 Å². The van der Waals surface area contributed by atoms with Gasteiger partial charge in [0, 0.05) is 31.6 Å². The lowest BCUT2D eigenvalue weighted by Crippen LogP contribution is -2.53. The normalized spacial score (nSPS) is 29.4. The first kappa shape index (κ1) is 13.5. The summed E-state index contributed by atoms with van der Waals surface area (Å²) in [6.45, 7) is 2.47. The Bertz CT molecular complexity index is 343. The first-order chi connectivity index (χ1) is 8.16. The third kappa shape index (κ3) is 2.93. The molecule has 2 aliphatic rings. The summed E-state index contributed by atoms with van der Waals surface area (Å²) in [4.78, 5) is 0. The second-order valence-electron chi connectivity index (χ2n) is 4.43. The molecule has 0 saturated carbocycles. The van der Waals surface area contributed by atoms with Gasteiger partial charge in [-0.1, -0.05) is 6.42 Å². The average molecular weight is 283 g/mol. The Balaban J connectivity index is 2.11. The van der Waals surface area contributed by atoms with Gasteiger partial charge in [-0.15, -0.1) is 11.6 Å². The van der Waals surface area contributed by atoms with E-state index in [4.69, 9.17) is 16.3 Å². The smallest absolute Gasteiger partial charge is 0.282 e. The molecule has 2 heterocycles. The van der Waals surface area contributed by atoms with E-state index in [0.29, 0.717) is 38.7 Å². The van der Waals surface area contributed by atoms with Crippen molar-refractivity contribution < 1.29 is 13.2 Å². The van der Waals surface area contributed by atoms with Crippen LogP contribution in [0.15, 0.2) is 0 Å². The molecule has 5 nitrogen and oxygen atoms in total. The van der Waals surface area contributed by atoms with Crippen molar-refractivity contribution in [2.75, 3.05) is 38.7 Å². The van der Waals surface area contributed by atoms with Crippen molar-refractivity contribution in [3.63, 3.8) is 0 Å². The number of nitrogens with zero attached hydrogens (tertiary/aromatic N) is 2. The van der Waals surface area contributed by atoms with Crippen LogP contribution >= 0.6 is 11.6 Å². The highest BCUT2D eigenvalue weighted by molar-refractivity contribution is 7.86. The number of piperidine rings is 1. The molecule has 2 rings (SSSR count). The summed E-state index contributed by atoms with van der Waals surface area (Å²) in [5.41, 5.74) is 0. The van der Waals surface area contributed by atoms with Crippen LogP contribution in [0.3, 0.4) is 0 Å². The predicted molar refractivity (Wildman–Crippen MR) is 66.4 cm³/mol. The van der Waals surface area contributed by atoms with Crippen LogP contribution in [0.5, 0.6) is 0 Å². The fourth-order valence-electron chi connectivity index (χ4n) is 2.36. The van der Waals surface area contributed by atoms with Crippen molar-refractivity contribution in [3.8, 4) is 0 Å². The van der Waals surface area contributed by atoms with Gasteiger partial charge in [0.05, 0.1) is 13.2 Å². The molecule has 17 heavy (non-hydrogen) atoms. The second kappa shape index (κ2) is 5.84. The van der Waals surface area contributed by atoms with Gasteiger partial charge in [0.1, 0.15) is 0 Å². The Morgan fingerprint density at radius 1 is 1.18 bits per heavy atom. The van der Waals surface area contributed by atoms with Gasteiger partial charge < -0.3 is 4.74 Å². The largest absolute Gasteiger partial charge is 0.379 e. The summed E-state index contributed by atoms with van der Waals surface area (Å²) in [7, 11) is -3.34. The molecule has 0 aromatic rings. The predicted octanol–water partition coefficient (Wildman–Crippen LogP) is 0.657. The molecule has 7 heteroatoms. The Morgan fingerprint density at radius 2 is 1.88 bits per heavy atom. The fourth-order valence-corrected chi connectivity index (χ4v) is 4.58. The van der Waals surface area contributed by atoms with Gasteiger partial charge in [-0.25, -0.2) is 0 Å². The van der Waals surface area contributed by atoms with Crippen molar-refractivity contribution >= 4 is 21.8 Å². The van der Waals surface area contributed by atoms with Gasteiger partial charge in [-0.3, -0.25) is 0 Å². The minimum Gasteiger partial charge on any atom is -0.379 e. The van der Waals surface area contributed by atoms with Crippen LogP contribution in [-0.4, -0.2) is 61.8 Å². The van der Waals surface area contributed by atoms with Crippen LogP contribution in [0.1, 0.15) is 19.3 Å². The van der Waals surface area contributed by atoms with Crippen LogP contribution in [0.2, 0.25) is 0 Å². The lowest BCUT2D eigenvalue weighted by Gasteiger charge is -2.38. The highest BCUT2D eigenvalue weighted by Gasteiger charge is 2.36. The highest BCUT2D eigenvalue weighted by atomic mass is 35.5. The van der Waals surface area contributed by atoms with E-state index in [9.17, 15) is 8.42 Å². The number of hydrogen-bond donors (Lipinski definition) is 0. The summed E-state index contributed by atoms with van der Waals surface area (Å²) in [6.07, 6.45) is 2.86. The maximum atomic E-state index is 12.4. The molecule has 0 aromatic heterocycles. The Labute approximate surface area is 108 Å². The molecule has 0 N–H and O–H groups in total. The van der Waals surface area contributed by atoms with E-state index >= 15 is 0 Å². The van der Waals surface area contributed by atoms with Gasteiger partial charge >= 0.3 is 0 Å². The summed E-state index contributed by atoms with van der Waals surface area (Å²) in [5.74, 6) is 0.379. The first-order valence-corrected chi connectivity index (χ1v) is 8.00. The van der Waals surface area contributed by atoms with Crippen molar-refractivity contribution in [2.24, 2.45) is 0 Å². The fraction of sp³-hybridized carbons (Fsp3) is 1.00. The SMILES string of the molecule is O=S(=O)(N1CCOCC1)N1CCCCC1CCl. The Hall–Kier alpha value is 0.120. The van der Waals surface area contributed by atoms with Crippen molar-refractivity contribution in [3.05, 3.63) is 0 Å². The molecule has 0 bridgehead atoms. The van der Waals surface area contributed by atoms with Gasteiger partial charge in [-0.05, 0) is 12.8 Å². The summed E-state index contributed by atoms with van der Waals surface area (Å²) in [6, 6.07) is -0.0433. The van der Waals surface area contributed by atoms with Crippen molar-refractivity contribution in [1.29, 1.82) is 0 Å². The molecule has 0 aliphatic carbocycles. The van der Waals surface area contributed by atoms with E-state index in [1.165, 1.54) is 4.31 Å². The number of ether oxygens (including phenoxy) is 1. The number of rotatable bonds is 3. The quantitative estimate of drug-likeness (QED) is 0.715. The zero-order valence-electron chi connectivity index (χ0n) is 9.85. The third-order valence-electron chi connectivity index (χ3n) is 3.34. The molecule has 0 amide bonds. The van der Waals surface area contributed by atoms with E-state index in [1.807, 2.05) is 0 Å². The molecule has 100 valence electrons. The average Bonchev–Trinajstić information content (AvgIpc) is 2.39. The molecular weight excluding hydrogens is 264 g/mol. The Kier molecular flexibility index (Phi) is 4.65. The summed E-state index contributed by atoms with van der Waals surface area (Å²) < 4.78 is 33.2. The highest BCUT2D eigenvalue weighted by Crippen LogP contribution is 2.23. The molecule has 0 radical (unpaired) electrons. The molecule has 0 aromatic carbocycles. The number of morpholine rings is 1.